The predicted octanol–water partition coefficient (Wildman–Crippen LogP) is 2.49. The van der Waals surface area contributed by atoms with Crippen LogP contribution in [0.4, 0.5) is 0 Å². The number of nitrogens with zero attached hydrogens (tertiary/aromatic N) is 2. The number of para-hydroxylation sites is 1. The van der Waals surface area contributed by atoms with Crippen LogP contribution in [0, 0.1) is 6.92 Å². The summed E-state index contributed by atoms with van der Waals surface area (Å²) in [6.45, 7) is 2.35. The zero-order chi connectivity index (χ0) is 16.1. The van der Waals surface area contributed by atoms with Crippen molar-refractivity contribution in [3.05, 3.63) is 45.9 Å². The molecule has 1 N–H and O–H groups in total. The Labute approximate surface area is 134 Å². The minimum absolute atomic E-state index is 0.0355. The highest BCUT2D eigenvalue weighted by molar-refractivity contribution is 7.11. The van der Waals surface area contributed by atoms with Gasteiger partial charge in [0, 0.05) is 12.1 Å². The Kier molecular flexibility index (Phi) is 5.51. The smallest absolute Gasteiger partial charge is 0.263 e. The molecule has 0 saturated heterocycles. The van der Waals surface area contributed by atoms with E-state index in [1.807, 2.05) is 45.3 Å². The van der Waals surface area contributed by atoms with Crippen molar-refractivity contribution in [2.45, 2.75) is 13.0 Å². The number of carbonyl (C=O) groups excluding carboxylic acids is 1. The van der Waals surface area contributed by atoms with E-state index in [2.05, 4.69) is 15.2 Å². The number of methoxy groups -OCH3 is 1. The summed E-state index contributed by atoms with van der Waals surface area (Å²) in [5.74, 6) is 0.742. The maximum absolute atomic E-state index is 12.2. The molecule has 118 valence electrons. The molecule has 2 aromatic rings. The summed E-state index contributed by atoms with van der Waals surface area (Å²) >= 11 is 1.36. The van der Waals surface area contributed by atoms with Crippen LogP contribution < -0.4 is 10.1 Å². The number of aryl methyl sites for hydroxylation is 1. The monoisotopic (exact) mass is 319 g/mol. The number of carbonyl (C=O) groups is 1. The van der Waals surface area contributed by atoms with Crippen LogP contribution in [0.2, 0.25) is 0 Å². The van der Waals surface area contributed by atoms with E-state index >= 15 is 0 Å². The molecule has 0 aliphatic carbocycles. The van der Waals surface area contributed by atoms with Crippen LogP contribution >= 0.6 is 11.3 Å². The van der Waals surface area contributed by atoms with Crippen molar-refractivity contribution in [1.29, 1.82) is 0 Å². The summed E-state index contributed by atoms with van der Waals surface area (Å²) in [5, 5.41) is 2.99. The molecule has 0 saturated carbocycles. The van der Waals surface area contributed by atoms with Gasteiger partial charge in [0.1, 0.15) is 10.6 Å². The standard InChI is InChI=1S/C16H21N3O2S/c1-11-15(22-10-18-11)16(20)17-9-13(19(2)3)12-7-5-6-8-14(12)21-4/h5-8,10,13H,9H2,1-4H3,(H,17,20). The zero-order valence-electron chi connectivity index (χ0n) is 13.3. The topological polar surface area (TPSA) is 54.5 Å². The fraction of sp³-hybridized carbons (Fsp3) is 0.375. The summed E-state index contributed by atoms with van der Waals surface area (Å²) < 4.78 is 5.43. The lowest BCUT2D eigenvalue weighted by Crippen LogP contribution is -2.34. The molecular formula is C16H21N3O2S. The number of likely N-dealkylation sites (N-methyl/N-ethyl adjacent to an activating group) is 1. The molecule has 1 amide bonds. The van der Waals surface area contributed by atoms with Crippen molar-refractivity contribution in [1.82, 2.24) is 15.2 Å². The number of nitrogens with one attached hydrogen (secondary N) is 1. The third-order valence-electron chi connectivity index (χ3n) is 3.53. The SMILES string of the molecule is COc1ccccc1C(CNC(=O)c1scnc1C)N(C)C. The molecule has 1 atom stereocenters. The number of hydrogen-bond donors (Lipinski definition) is 1. The molecule has 6 heteroatoms. The van der Waals surface area contributed by atoms with Crippen LogP contribution in [-0.2, 0) is 0 Å². The van der Waals surface area contributed by atoms with Crippen molar-refractivity contribution in [2.24, 2.45) is 0 Å². The average Bonchev–Trinajstić information content (AvgIpc) is 2.93. The molecule has 0 aliphatic heterocycles. The van der Waals surface area contributed by atoms with Gasteiger partial charge in [0.25, 0.3) is 5.91 Å². The summed E-state index contributed by atoms with van der Waals surface area (Å²) in [6, 6.07) is 7.90. The Morgan fingerprint density at radius 3 is 2.73 bits per heavy atom. The highest BCUT2D eigenvalue weighted by atomic mass is 32.1. The number of benzene rings is 1. The Morgan fingerprint density at radius 2 is 2.14 bits per heavy atom. The van der Waals surface area contributed by atoms with Crippen LogP contribution in [0.5, 0.6) is 5.75 Å². The van der Waals surface area contributed by atoms with Gasteiger partial charge in [0.2, 0.25) is 0 Å². The van der Waals surface area contributed by atoms with Gasteiger partial charge in [-0.15, -0.1) is 11.3 Å². The molecule has 0 spiro atoms. The number of thiazole rings is 1. The van der Waals surface area contributed by atoms with Crippen molar-refractivity contribution < 1.29 is 9.53 Å². The fourth-order valence-electron chi connectivity index (χ4n) is 2.30. The molecule has 1 aromatic heterocycles. The Hall–Kier alpha value is -1.92. The third-order valence-corrected chi connectivity index (χ3v) is 4.46. The first-order chi connectivity index (χ1) is 10.5. The number of hydrogen-bond acceptors (Lipinski definition) is 5. The molecule has 1 heterocycles. The number of rotatable bonds is 6. The summed E-state index contributed by atoms with van der Waals surface area (Å²) in [4.78, 5) is 19.1. The first kappa shape index (κ1) is 16.5. The quantitative estimate of drug-likeness (QED) is 0.889. The van der Waals surface area contributed by atoms with E-state index in [0.717, 1.165) is 17.0 Å². The Bertz CT molecular complexity index is 640. The summed E-state index contributed by atoms with van der Waals surface area (Å²) in [6.07, 6.45) is 0. The zero-order valence-corrected chi connectivity index (χ0v) is 14.1. The van der Waals surface area contributed by atoms with Gasteiger partial charge in [-0.25, -0.2) is 4.98 Å². The second-order valence-corrected chi connectivity index (χ2v) is 6.05. The minimum Gasteiger partial charge on any atom is -0.496 e. The number of aromatic nitrogens is 1. The van der Waals surface area contributed by atoms with E-state index in [1.54, 1.807) is 12.6 Å². The van der Waals surface area contributed by atoms with Crippen LogP contribution in [0.15, 0.2) is 29.8 Å². The van der Waals surface area contributed by atoms with E-state index in [9.17, 15) is 4.79 Å². The van der Waals surface area contributed by atoms with Crippen molar-refractivity contribution in [3.8, 4) is 5.75 Å². The second kappa shape index (κ2) is 7.38. The summed E-state index contributed by atoms with van der Waals surface area (Å²) in [5.41, 5.74) is 3.51. The van der Waals surface area contributed by atoms with Crippen LogP contribution in [0.3, 0.4) is 0 Å². The molecule has 5 nitrogen and oxygen atoms in total. The molecule has 0 fully saturated rings. The van der Waals surface area contributed by atoms with E-state index in [0.29, 0.717) is 11.4 Å². The summed E-state index contributed by atoms with van der Waals surface area (Å²) in [7, 11) is 5.63. The van der Waals surface area contributed by atoms with Gasteiger partial charge >= 0.3 is 0 Å². The van der Waals surface area contributed by atoms with Gasteiger partial charge in [-0.05, 0) is 27.1 Å². The lowest BCUT2D eigenvalue weighted by molar-refractivity contribution is 0.0944. The van der Waals surface area contributed by atoms with Crippen molar-refractivity contribution in [2.75, 3.05) is 27.7 Å². The fourth-order valence-corrected chi connectivity index (χ4v) is 3.02. The average molecular weight is 319 g/mol. The molecular weight excluding hydrogens is 298 g/mol. The largest absolute Gasteiger partial charge is 0.496 e. The molecule has 0 bridgehead atoms. The molecule has 1 unspecified atom stereocenters. The van der Waals surface area contributed by atoms with Crippen LogP contribution in [0.1, 0.15) is 27.0 Å². The van der Waals surface area contributed by atoms with Gasteiger partial charge in [-0.3, -0.25) is 4.79 Å². The van der Waals surface area contributed by atoms with E-state index < -0.39 is 0 Å². The molecule has 22 heavy (non-hydrogen) atoms. The minimum atomic E-state index is -0.0817. The van der Waals surface area contributed by atoms with Gasteiger partial charge in [0.05, 0.1) is 24.4 Å². The third kappa shape index (κ3) is 3.64. The van der Waals surface area contributed by atoms with E-state index in [-0.39, 0.29) is 11.9 Å². The van der Waals surface area contributed by atoms with Gasteiger partial charge in [-0.1, -0.05) is 18.2 Å². The van der Waals surface area contributed by atoms with Gasteiger partial charge in [0.15, 0.2) is 0 Å². The predicted molar refractivity (Wildman–Crippen MR) is 88.6 cm³/mol. The maximum Gasteiger partial charge on any atom is 0.263 e. The first-order valence-corrected chi connectivity index (χ1v) is 7.90. The molecule has 0 radical (unpaired) electrons. The second-order valence-electron chi connectivity index (χ2n) is 5.20. The van der Waals surface area contributed by atoms with Crippen LogP contribution in [-0.4, -0.2) is 43.5 Å². The lowest BCUT2D eigenvalue weighted by Gasteiger charge is -2.26. The van der Waals surface area contributed by atoms with Crippen molar-refractivity contribution >= 4 is 17.2 Å². The number of ether oxygens (including phenoxy) is 1. The number of amides is 1. The lowest BCUT2D eigenvalue weighted by atomic mass is 10.0. The highest BCUT2D eigenvalue weighted by Crippen LogP contribution is 2.27. The first-order valence-electron chi connectivity index (χ1n) is 7.02. The molecule has 1 aromatic carbocycles. The van der Waals surface area contributed by atoms with E-state index in [4.69, 9.17) is 4.74 Å². The normalized spacial score (nSPS) is 12.2. The van der Waals surface area contributed by atoms with E-state index in [1.165, 1.54) is 11.3 Å². The van der Waals surface area contributed by atoms with Crippen LogP contribution in [0.25, 0.3) is 0 Å². The van der Waals surface area contributed by atoms with Gasteiger partial charge in [-0.2, -0.15) is 0 Å². The molecule has 0 aliphatic rings. The van der Waals surface area contributed by atoms with Crippen molar-refractivity contribution in [3.63, 3.8) is 0 Å². The molecule has 2 rings (SSSR count). The Balaban J connectivity index is 2.13. The highest BCUT2D eigenvalue weighted by Gasteiger charge is 2.20. The maximum atomic E-state index is 12.2. The van der Waals surface area contributed by atoms with Gasteiger partial charge < -0.3 is 15.0 Å². The Morgan fingerprint density at radius 1 is 1.41 bits per heavy atom.